The molecule has 0 aliphatic carbocycles. The number of pyridine rings is 1. The average Bonchev–Trinajstić information content (AvgIpc) is 2.38. The van der Waals surface area contributed by atoms with Gasteiger partial charge in [0.1, 0.15) is 5.75 Å². The van der Waals surface area contributed by atoms with Gasteiger partial charge in [0.25, 0.3) is 5.91 Å². The second-order valence-electron chi connectivity index (χ2n) is 3.63. The molecule has 17 heavy (non-hydrogen) atoms. The Labute approximate surface area is 98.1 Å². The zero-order valence-electron chi connectivity index (χ0n) is 9.04. The topological polar surface area (TPSA) is 86.5 Å². The van der Waals surface area contributed by atoms with Gasteiger partial charge in [-0.25, -0.2) is 0 Å². The van der Waals surface area contributed by atoms with Crippen molar-refractivity contribution in [1.29, 1.82) is 5.26 Å². The minimum atomic E-state index is -0.600. The number of carbonyl (C=O) groups is 1. The maximum absolute atomic E-state index is 12.1. The van der Waals surface area contributed by atoms with Crippen LogP contribution >= 0.6 is 0 Å². The summed E-state index contributed by atoms with van der Waals surface area (Å²) in [6.07, 6.45) is 2.06. The van der Waals surface area contributed by atoms with Crippen molar-refractivity contribution in [2.45, 2.75) is 6.10 Å². The third-order valence-electron chi connectivity index (χ3n) is 2.53. The Morgan fingerprint density at radius 1 is 1.71 bits per heavy atom. The molecule has 1 amide bonds. The highest BCUT2D eigenvalue weighted by Gasteiger charge is 2.26. The maximum atomic E-state index is 12.1. The molecule has 2 rings (SSSR count). The lowest BCUT2D eigenvalue weighted by molar-refractivity contribution is 0.00333. The lowest BCUT2D eigenvalue weighted by Crippen LogP contribution is -2.45. The van der Waals surface area contributed by atoms with Crippen molar-refractivity contribution in [2.75, 3.05) is 19.7 Å². The fraction of sp³-hybridized carbons (Fsp3) is 0.364. The first-order chi connectivity index (χ1) is 8.22. The molecule has 1 aliphatic rings. The summed E-state index contributed by atoms with van der Waals surface area (Å²) < 4.78 is 5.14. The van der Waals surface area contributed by atoms with E-state index in [1.807, 2.05) is 6.07 Å². The van der Waals surface area contributed by atoms with Crippen LogP contribution in [0.3, 0.4) is 0 Å². The van der Waals surface area contributed by atoms with E-state index in [-0.39, 0.29) is 23.8 Å². The molecule has 6 nitrogen and oxygen atoms in total. The number of hydrogen-bond donors (Lipinski definition) is 1. The first-order valence-electron chi connectivity index (χ1n) is 5.16. The lowest BCUT2D eigenvalue weighted by atomic mass is 10.2. The summed E-state index contributed by atoms with van der Waals surface area (Å²) >= 11 is 0. The molecule has 2 heterocycles. The standard InChI is InChI=1S/C11H11N3O3/c12-5-8-7-14(3-4-17-8)11(16)9-1-2-13-6-10(9)15/h1-2,6,8,15H,3-4,7H2. The number of ether oxygens (including phenoxy) is 1. The smallest absolute Gasteiger partial charge is 0.257 e. The van der Waals surface area contributed by atoms with E-state index in [0.717, 1.165) is 0 Å². The van der Waals surface area contributed by atoms with Gasteiger partial charge < -0.3 is 14.7 Å². The summed E-state index contributed by atoms with van der Waals surface area (Å²) in [4.78, 5) is 17.3. The van der Waals surface area contributed by atoms with Gasteiger partial charge in [-0.1, -0.05) is 0 Å². The molecule has 1 aromatic heterocycles. The zero-order chi connectivity index (χ0) is 12.3. The number of nitriles is 1. The van der Waals surface area contributed by atoms with Crippen LogP contribution in [0.1, 0.15) is 10.4 Å². The summed E-state index contributed by atoms with van der Waals surface area (Å²) in [5.74, 6) is -0.467. The minimum absolute atomic E-state index is 0.155. The Kier molecular flexibility index (Phi) is 3.21. The normalized spacial score (nSPS) is 19.7. The number of aromatic hydroxyl groups is 1. The molecule has 1 atom stereocenters. The van der Waals surface area contributed by atoms with Crippen molar-refractivity contribution in [2.24, 2.45) is 0 Å². The van der Waals surface area contributed by atoms with Gasteiger partial charge in [-0.3, -0.25) is 9.78 Å². The first-order valence-corrected chi connectivity index (χ1v) is 5.16. The second-order valence-corrected chi connectivity index (χ2v) is 3.63. The van der Waals surface area contributed by atoms with Gasteiger partial charge in [0.15, 0.2) is 6.10 Å². The predicted molar refractivity (Wildman–Crippen MR) is 57.2 cm³/mol. The molecular formula is C11H11N3O3. The van der Waals surface area contributed by atoms with Gasteiger partial charge in [0, 0.05) is 12.7 Å². The molecule has 1 N–H and O–H groups in total. The van der Waals surface area contributed by atoms with Gasteiger partial charge in [-0.05, 0) is 6.07 Å². The largest absolute Gasteiger partial charge is 0.505 e. The summed E-state index contributed by atoms with van der Waals surface area (Å²) in [6, 6.07) is 3.42. The molecule has 1 fully saturated rings. The van der Waals surface area contributed by atoms with Gasteiger partial charge >= 0.3 is 0 Å². The van der Waals surface area contributed by atoms with E-state index >= 15 is 0 Å². The fourth-order valence-corrected chi connectivity index (χ4v) is 1.65. The molecule has 1 saturated heterocycles. The molecule has 0 aromatic carbocycles. The molecular weight excluding hydrogens is 222 g/mol. The second kappa shape index (κ2) is 4.80. The van der Waals surface area contributed by atoms with Crippen LogP contribution in [0.2, 0.25) is 0 Å². The van der Waals surface area contributed by atoms with Crippen LogP contribution in [0.15, 0.2) is 18.5 Å². The molecule has 0 radical (unpaired) electrons. The molecule has 1 aliphatic heterocycles. The number of nitrogens with zero attached hydrogens (tertiary/aromatic N) is 3. The quantitative estimate of drug-likeness (QED) is 0.746. The molecule has 0 bridgehead atoms. The van der Waals surface area contributed by atoms with Crippen molar-refractivity contribution in [3.05, 3.63) is 24.0 Å². The lowest BCUT2D eigenvalue weighted by Gasteiger charge is -2.29. The number of rotatable bonds is 1. The number of hydrogen-bond acceptors (Lipinski definition) is 5. The van der Waals surface area contributed by atoms with Crippen LogP contribution < -0.4 is 0 Å². The highest BCUT2D eigenvalue weighted by molar-refractivity contribution is 5.96. The van der Waals surface area contributed by atoms with Crippen LogP contribution in [-0.4, -0.2) is 46.7 Å². The van der Waals surface area contributed by atoms with E-state index in [1.54, 1.807) is 0 Å². The van der Waals surface area contributed by atoms with Crippen LogP contribution in [-0.2, 0) is 4.74 Å². The fourth-order valence-electron chi connectivity index (χ4n) is 1.65. The Balaban J connectivity index is 2.16. The SMILES string of the molecule is N#CC1CN(C(=O)c2ccncc2O)CCO1. The van der Waals surface area contributed by atoms with Gasteiger partial charge in [-0.2, -0.15) is 5.26 Å². The van der Waals surface area contributed by atoms with Crippen molar-refractivity contribution in [1.82, 2.24) is 9.88 Å². The first kappa shape index (κ1) is 11.4. The Hall–Kier alpha value is -2.13. The third-order valence-corrected chi connectivity index (χ3v) is 2.53. The van der Waals surface area contributed by atoms with Crippen LogP contribution in [0.25, 0.3) is 0 Å². The Morgan fingerprint density at radius 3 is 3.24 bits per heavy atom. The minimum Gasteiger partial charge on any atom is -0.505 e. The summed E-state index contributed by atoms with van der Waals surface area (Å²) in [5, 5.41) is 18.3. The van der Waals surface area contributed by atoms with E-state index in [2.05, 4.69) is 4.98 Å². The Morgan fingerprint density at radius 2 is 2.53 bits per heavy atom. The zero-order valence-corrected chi connectivity index (χ0v) is 9.04. The highest BCUT2D eigenvalue weighted by Crippen LogP contribution is 2.18. The van der Waals surface area contributed by atoms with E-state index in [9.17, 15) is 9.90 Å². The van der Waals surface area contributed by atoms with Gasteiger partial charge in [-0.15, -0.1) is 0 Å². The Bertz CT molecular complexity index is 469. The van der Waals surface area contributed by atoms with E-state index < -0.39 is 6.10 Å². The molecule has 1 unspecified atom stereocenters. The summed E-state index contributed by atoms with van der Waals surface area (Å²) in [7, 11) is 0. The van der Waals surface area contributed by atoms with Crippen LogP contribution in [0, 0.1) is 11.3 Å². The molecule has 1 aromatic rings. The third kappa shape index (κ3) is 2.34. The van der Waals surface area contributed by atoms with Gasteiger partial charge in [0.05, 0.1) is 31.0 Å². The van der Waals surface area contributed by atoms with Crippen molar-refractivity contribution < 1.29 is 14.6 Å². The maximum Gasteiger partial charge on any atom is 0.257 e. The van der Waals surface area contributed by atoms with Gasteiger partial charge in [0.2, 0.25) is 0 Å². The monoisotopic (exact) mass is 233 g/mol. The van der Waals surface area contributed by atoms with Crippen LogP contribution in [0.4, 0.5) is 0 Å². The summed E-state index contributed by atoms with van der Waals surface area (Å²) in [6.45, 7) is 0.964. The molecule has 0 saturated carbocycles. The average molecular weight is 233 g/mol. The number of aromatic nitrogens is 1. The van der Waals surface area contributed by atoms with E-state index in [4.69, 9.17) is 10.00 Å². The summed E-state index contributed by atoms with van der Waals surface area (Å²) in [5.41, 5.74) is 0.193. The number of carbonyl (C=O) groups excluding carboxylic acids is 1. The predicted octanol–water partition coefficient (Wildman–Crippen LogP) is 0.152. The molecule has 6 heteroatoms. The van der Waals surface area contributed by atoms with Crippen molar-refractivity contribution in [3.63, 3.8) is 0 Å². The van der Waals surface area contributed by atoms with Crippen molar-refractivity contribution >= 4 is 5.91 Å². The highest BCUT2D eigenvalue weighted by atomic mass is 16.5. The van der Waals surface area contributed by atoms with Crippen molar-refractivity contribution in [3.8, 4) is 11.8 Å². The van der Waals surface area contributed by atoms with Crippen LogP contribution in [0.5, 0.6) is 5.75 Å². The van der Waals surface area contributed by atoms with E-state index in [0.29, 0.717) is 13.2 Å². The van der Waals surface area contributed by atoms with E-state index in [1.165, 1.54) is 23.4 Å². The molecule has 88 valence electrons. The number of amides is 1. The number of morpholine rings is 1. The molecule has 0 spiro atoms.